The van der Waals surface area contributed by atoms with Crippen molar-refractivity contribution in [3.05, 3.63) is 34.6 Å². The maximum atomic E-state index is 14.2. The molecule has 0 aliphatic heterocycles. The number of hydrogen-bond donors (Lipinski definition) is 1. The summed E-state index contributed by atoms with van der Waals surface area (Å²) in [6.07, 6.45) is 1.94. The maximum absolute atomic E-state index is 14.2. The van der Waals surface area contributed by atoms with Gasteiger partial charge >= 0.3 is 0 Å². The van der Waals surface area contributed by atoms with Gasteiger partial charge in [-0.05, 0) is 25.1 Å². The lowest BCUT2D eigenvalue weighted by Gasteiger charge is -2.06. The van der Waals surface area contributed by atoms with Gasteiger partial charge in [0.05, 0.1) is 18.4 Å². The van der Waals surface area contributed by atoms with E-state index in [-0.39, 0.29) is 5.82 Å². The summed E-state index contributed by atoms with van der Waals surface area (Å²) >= 11 is 1.54. The highest BCUT2D eigenvalue weighted by atomic mass is 32.1. The molecule has 1 N–H and O–H groups in total. The Morgan fingerprint density at radius 3 is 2.81 bits per heavy atom. The molecule has 0 saturated carbocycles. The van der Waals surface area contributed by atoms with Crippen molar-refractivity contribution in [2.45, 2.75) is 33.2 Å². The molecule has 21 heavy (non-hydrogen) atoms. The van der Waals surface area contributed by atoms with Gasteiger partial charge in [-0.1, -0.05) is 26.3 Å². The van der Waals surface area contributed by atoms with Crippen LogP contribution in [0.15, 0.2) is 18.2 Å². The van der Waals surface area contributed by atoms with E-state index in [4.69, 9.17) is 4.74 Å². The number of nitrogens with one attached hydrogen (secondary N) is 1. The fourth-order valence-electron chi connectivity index (χ4n) is 2.18. The number of aryl methyl sites for hydroxylation is 1. The van der Waals surface area contributed by atoms with Crippen LogP contribution < -0.4 is 10.1 Å². The fraction of sp³-hybridized carbons (Fsp3) is 0.438. The number of halogens is 1. The zero-order chi connectivity index (χ0) is 15.2. The first-order valence-electron chi connectivity index (χ1n) is 7.23. The fourth-order valence-corrected chi connectivity index (χ4v) is 3.31. The van der Waals surface area contributed by atoms with Gasteiger partial charge in [-0.25, -0.2) is 9.37 Å². The van der Waals surface area contributed by atoms with Crippen LogP contribution in [0, 0.1) is 5.82 Å². The zero-order valence-electron chi connectivity index (χ0n) is 12.7. The van der Waals surface area contributed by atoms with E-state index < -0.39 is 0 Å². The summed E-state index contributed by atoms with van der Waals surface area (Å²) in [5.74, 6) is 0.239. The average molecular weight is 308 g/mol. The Labute approximate surface area is 129 Å². The lowest BCUT2D eigenvalue weighted by Crippen LogP contribution is -2.11. The van der Waals surface area contributed by atoms with Gasteiger partial charge in [0, 0.05) is 11.4 Å². The summed E-state index contributed by atoms with van der Waals surface area (Å²) in [7, 11) is 1.55. The average Bonchev–Trinajstić information content (AvgIpc) is 2.87. The monoisotopic (exact) mass is 308 g/mol. The molecule has 0 saturated heterocycles. The number of rotatable bonds is 7. The van der Waals surface area contributed by atoms with Crippen molar-refractivity contribution in [2.24, 2.45) is 0 Å². The minimum absolute atomic E-state index is 0.291. The smallest absolute Gasteiger partial charge is 0.137 e. The molecular formula is C16H21FN2OS. The summed E-state index contributed by atoms with van der Waals surface area (Å²) in [5, 5.41) is 4.01. The standard InChI is InChI=1S/C16H21FN2OS/c1-4-7-12-14(10-18-5-2)21-16(19-12)15-11(17)8-6-9-13(15)20-3/h6,8-9,18H,4-5,7,10H2,1-3H3. The van der Waals surface area contributed by atoms with Crippen molar-refractivity contribution in [2.75, 3.05) is 13.7 Å². The van der Waals surface area contributed by atoms with Gasteiger partial charge in [0.1, 0.15) is 16.6 Å². The number of nitrogens with zero attached hydrogens (tertiary/aromatic N) is 1. The van der Waals surface area contributed by atoms with Gasteiger partial charge in [0.2, 0.25) is 0 Å². The lowest BCUT2D eigenvalue weighted by atomic mass is 10.2. The van der Waals surface area contributed by atoms with Crippen LogP contribution in [-0.4, -0.2) is 18.6 Å². The Hall–Kier alpha value is -1.46. The second-order valence-electron chi connectivity index (χ2n) is 4.74. The second-order valence-corrected chi connectivity index (χ2v) is 5.82. The van der Waals surface area contributed by atoms with Gasteiger partial charge in [-0.15, -0.1) is 11.3 Å². The molecule has 3 nitrogen and oxygen atoms in total. The van der Waals surface area contributed by atoms with Gasteiger partial charge < -0.3 is 10.1 Å². The topological polar surface area (TPSA) is 34.1 Å². The highest BCUT2D eigenvalue weighted by molar-refractivity contribution is 7.15. The highest BCUT2D eigenvalue weighted by Crippen LogP contribution is 2.36. The van der Waals surface area contributed by atoms with Crippen LogP contribution in [0.2, 0.25) is 0 Å². The summed E-state index contributed by atoms with van der Waals surface area (Å²) in [6, 6.07) is 4.86. The van der Waals surface area contributed by atoms with Crippen molar-refractivity contribution >= 4 is 11.3 Å². The van der Waals surface area contributed by atoms with Crippen molar-refractivity contribution in [3.8, 4) is 16.3 Å². The number of benzene rings is 1. The van der Waals surface area contributed by atoms with E-state index in [9.17, 15) is 4.39 Å². The Bertz CT molecular complexity index is 598. The van der Waals surface area contributed by atoms with Gasteiger partial charge in [0.25, 0.3) is 0 Å². The molecule has 0 aliphatic rings. The molecule has 0 radical (unpaired) electrons. The summed E-state index contributed by atoms with van der Waals surface area (Å²) < 4.78 is 19.5. The molecule has 2 rings (SSSR count). The van der Waals surface area contributed by atoms with E-state index in [1.807, 2.05) is 0 Å². The lowest BCUT2D eigenvalue weighted by molar-refractivity contribution is 0.413. The second kappa shape index (κ2) is 7.52. The van der Waals surface area contributed by atoms with E-state index in [0.29, 0.717) is 16.3 Å². The Morgan fingerprint density at radius 1 is 1.33 bits per heavy atom. The Morgan fingerprint density at radius 2 is 2.14 bits per heavy atom. The quantitative estimate of drug-likeness (QED) is 0.839. The highest BCUT2D eigenvalue weighted by Gasteiger charge is 2.18. The number of thiazole rings is 1. The van der Waals surface area contributed by atoms with Crippen LogP contribution in [-0.2, 0) is 13.0 Å². The van der Waals surface area contributed by atoms with Crippen molar-refractivity contribution in [3.63, 3.8) is 0 Å². The largest absolute Gasteiger partial charge is 0.496 e. The first-order valence-corrected chi connectivity index (χ1v) is 8.05. The molecule has 0 bridgehead atoms. The normalized spacial score (nSPS) is 10.9. The van der Waals surface area contributed by atoms with Crippen LogP contribution in [0.3, 0.4) is 0 Å². The predicted octanol–water partition coefficient (Wildman–Crippen LogP) is 4.02. The number of ether oxygens (including phenoxy) is 1. The van der Waals surface area contributed by atoms with E-state index in [0.717, 1.165) is 31.6 Å². The minimum Gasteiger partial charge on any atom is -0.496 e. The summed E-state index contributed by atoms with van der Waals surface area (Å²) in [5.41, 5.74) is 1.52. The predicted molar refractivity (Wildman–Crippen MR) is 85.4 cm³/mol. The molecule has 0 atom stereocenters. The molecule has 0 unspecified atom stereocenters. The Balaban J connectivity index is 2.44. The SMILES string of the molecule is CCCc1nc(-c2c(F)cccc2OC)sc1CNCC. The Kier molecular flexibility index (Phi) is 5.70. The van der Waals surface area contributed by atoms with Crippen molar-refractivity contribution in [1.29, 1.82) is 0 Å². The van der Waals surface area contributed by atoms with Crippen LogP contribution in [0.4, 0.5) is 4.39 Å². The summed E-state index contributed by atoms with van der Waals surface area (Å²) in [4.78, 5) is 5.83. The molecule has 1 aromatic heterocycles. The molecule has 114 valence electrons. The molecule has 1 heterocycles. The summed E-state index contributed by atoms with van der Waals surface area (Å²) in [6.45, 7) is 5.88. The van der Waals surface area contributed by atoms with Crippen LogP contribution >= 0.6 is 11.3 Å². The molecule has 2 aromatic rings. The number of methoxy groups -OCH3 is 1. The van der Waals surface area contributed by atoms with E-state index in [2.05, 4.69) is 24.1 Å². The first-order chi connectivity index (χ1) is 10.2. The molecule has 0 fully saturated rings. The van der Waals surface area contributed by atoms with Crippen LogP contribution in [0.1, 0.15) is 30.8 Å². The molecule has 5 heteroatoms. The first kappa shape index (κ1) is 15.9. The maximum Gasteiger partial charge on any atom is 0.137 e. The molecule has 0 spiro atoms. The number of aromatic nitrogens is 1. The zero-order valence-corrected chi connectivity index (χ0v) is 13.5. The third-order valence-corrected chi connectivity index (χ3v) is 4.32. The third kappa shape index (κ3) is 3.60. The molecule has 0 amide bonds. The molecule has 1 aromatic carbocycles. The van der Waals surface area contributed by atoms with Gasteiger partial charge in [-0.3, -0.25) is 0 Å². The van der Waals surface area contributed by atoms with Gasteiger partial charge in [0.15, 0.2) is 0 Å². The minimum atomic E-state index is -0.291. The molecule has 0 aliphatic carbocycles. The van der Waals surface area contributed by atoms with Gasteiger partial charge in [-0.2, -0.15) is 0 Å². The number of hydrogen-bond acceptors (Lipinski definition) is 4. The van der Waals surface area contributed by atoms with E-state index in [1.165, 1.54) is 10.9 Å². The molecular weight excluding hydrogens is 287 g/mol. The van der Waals surface area contributed by atoms with Crippen LogP contribution in [0.5, 0.6) is 5.75 Å². The van der Waals surface area contributed by atoms with E-state index >= 15 is 0 Å². The van der Waals surface area contributed by atoms with Crippen LogP contribution in [0.25, 0.3) is 10.6 Å². The van der Waals surface area contributed by atoms with E-state index in [1.54, 1.807) is 30.6 Å². The van der Waals surface area contributed by atoms with Crippen molar-refractivity contribution < 1.29 is 9.13 Å². The van der Waals surface area contributed by atoms with Crippen molar-refractivity contribution in [1.82, 2.24) is 10.3 Å². The third-order valence-electron chi connectivity index (χ3n) is 3.21.